The first-order valence-electron chi connectivity index (χ1n) is 3.56. The smallest absolute Gasteiger partial charge is 0.0455 e. The van der Waals surface area contributed by atoms with Crippen molar-refractivity contribution in [1.82, 2.24) is 5.43 Å². The molecule has 3 N–H and O–H groups in total. The molecule has 0 fully saturated rings. The van der Waals surface area contributed by atoms with E-state index in [2.05, 4.69) is 5.43 Å². The normalized spacial score (nSPS) is 13.0. The van der Waals surface area contributed by atoms with E-state index in [0.717, 1.165) is 5.56 Å². The predicted octanol–water partition coefficient (Wildman–Crippen LogP) is 2.52. The van der Waals surface area contributed by atoms with Crippen molar-refractivity contribution >= 4 is 23.2 Å². The summed E-state index contributed by atoms with van der Waals surface area (Å²) >= 11 is 11.7. The highest BCUT2D eigenvalue weighted by Gasteiger charge is 2.07. The lowest BCUT2D eigenvalue weighted by atomic mass is 10.1. The molecule has 0 amide bonds. The van der Waals surface area contributed by atoms with Crippen molar-refractivity contribution in [2.75, 3.05) is 0 Å². The Balaban J connectivity index is 3.04. The number of hydrazine groups is 1. The van der Waals surface area contributed by atoms with Gasteiger partial charge in [0, 0.05) is 16.1 Å². The lowest BCUT2D eigenvalue weighted by Gasteiger charge is -2.11. The van der Waals surface area contributed by atoms with E-state index in [1.807, 2.05) is 6.92 Å². The Labute approximate surface area is 81.6 Å². The molecule has 0 heterocycles. The molecule has 0 aromatic heterocycles. The van der Waals surface area contributed by atoms with Gasteiger partial charge in [-0.15, -0.1) is 0 Å². The fourth-order valence-corrected chi connectivity index (χ4v) is 1.40. The summed E-state index contributed by atoms with van der Waals surface area (Å²) < 4.78 is 0. The number of nitrogens with two attached hydrogens (primary N) is 1. The Kier molecular flexibility index (Phi) is 3.35. The lowest BCUT2D eigenvalue weighted by Crippen LogP contribution is -2.25. The van der Waals surface area contributed by atoms with Gasteiger partial charge in [-0.3, -0.25) is 11.3 Å². The fourth-order valence-electron chi connectivity index (χ4n) is 0.936. The molecule has 1 rings (SSSR count). The van der Waals surface area contributed by atoms with E-state index in [-0.39, 0.29) is 6.04 Å². The van der Waals surface area contributed by atoms with Crippen molar-refractivity contribution in [3.63, 3.8) is 0 Å². The lowest BCUT2D eigenvalue weighted by molar-refractivity contribution is 0.603. The van der Waals surface area contributed by atoms with Crippen molar-refractivity contribution in [2.24, 2.45) is 5.84 Å². The van der Waals surface area contributed by atoms with Crippen molar-refractivity contribution in [2.45, 2.75) is 13.0 Å². The molecule has 0 aliphatic rings. The maximum Gasteiger partial charge on any atom is 0.0455 e. The van der Waals surface area contributed by atoms with Crippen molar-refractivity contribution < 1.29 is 0 Å². The van der Waals surface area contributed by atoms with Gasteiger partial charge in [0.25, 0.3) is 0 Å². The van der Waals surface area contributed by atoms with Gasteiger partial charge in [0.2, 0.25) is 0 Å². The molecular formula is C8H10Cl2N2. The van der Waals surface area contributed by atoms with Crippen molar-refractivity contribution in [3.05, 3.63) is 33.8 Å². The molecule has 66 valence electrons. The van der Waals surface area contributed by atoms with Gasteiger partial charge < -0.3 is 0 Å². The average Bonchev–Trinajstić information content (AvgIpc) is 2.08. The second kappa shape index (κ2) is 4.10. The Bertz CT molecular complexity index is 276. The summed E-state index contributed by atoms with van der Waals surface area (Å²) in [5, 5.41) is 1.33. The first-order chi connectivity index (χ1) is 5.65. The van der Waals surface area contributed by atoms with Crippen LogP contribution in [0.25, 0.3) is 0 Å². The highest BCUT2D eigenvalue weighted by Crippen LogP contribution is 2.25. The van der Waals surface area contributed by atoms with Crippen LogP contribution in [0.15, 0.2) is 18.2 Å². The molecular weight excluding hydrogens is 195 g/mol. The van der Waals surface area contributed by atoms with E-state index >= 15 is 0 Å². The Morgan fingerprint density at radius 3 is 2.67 bits per heavy atom. The van der Waals surface area contributed by atoms with Gasteiger partial charge in [0.05, 0.1) is 0 Å². The Morgan fingerprint density at radius 2 is 2.08 bits per heavy atom. The van der Waals surface area contributed by atoms with Crippen LogP contribution in [0, 0.1) is 0 Å². The van der Waals surface area contributed by atoms with Crippen LogP contribution in [0.4, 0.5) is 0 Å². The molecule has 1 atom stereocenters. The molecule has 2 nitrogen and oxygen atoms in total. The second-order valence-electron chi connectivity index (χ2n) is 2.55. The van der Waals surface area contributed by atoms with Gasteiger partial charge in [-0.25, -0.2) is 0 Å². The van der Waals surface area contributed by atoms with Crippen molar-refractivity contribution in [3.8, 4) is 0 Å². The number of benzene rings is 1. The first kappa shape index (κ1) is 9.81. The van der Waals surface area contributed by atoms with Crippen LogP contribution in [-0.4, -0.2) is 0 Å². The van der Waals surface area contributed by atoms with Gasteiger partial charge in [0.1, 0.15) is 0 Å². The summed E-state index contributed by atoms with van der Waals surface area (Å²) in [6.45, 7) is 1.91. The van der Waals surface area contributed by atoms with Crippen LogP contribution in [0.1, 0.15) is 18.5 Å². The fraction of sp³-hybridized carbons (Fsp3) is 0.250. The molecule has 0 bridgehead atoms. The van der Waals surface area contributed by atoms with Gasteiger partial charge in [-0.1, -0.05) is 23.2 Å². The zero-order valence-electron chi connectivity index (χ0n) is 6.64. The van der Waals surface area contributed by atoms with Crippen LogP contribution < -0.4 is 11.3 Å². The molecule has 0 saturated carbocycles. The summed E-state index contributed by atoms with van der Waals surface area (Å²) in [5.74, 6) is 5.27. The van der Waals surface area contributed by atoms with Gasteiger partial charge in [0.15, 0.2) is 0 Å². The molecule has 0 radical (unpaired) electrons. The van der Waals surface area contributed by atoms with Crippen LogP contribution in [-0.2, 0) is 0 Å². The second-order valence-corrected chi connectivity index (χ2v) is 3.40. The number of nitrogens with one attached hydrogen (secondary N) is 1. The van der Waals surface area contributed by atoms with Crippen LogP contribution in [0.5, 0.6) is 0 Å². The number of halogens is 2. The maximum absolute atomic E-state index is 5.92. The standard InChI is InChI=1S/C8H10Cl2N2/c1-5(12-11)7-4-6(9)2-3-8(7)10/h2-5,12H,11H2,1H3/t5-/m1/s1. The Morgan fingerprint density at radius 1 is 1.42 bits per heavy atom. The minimum Gasteiger partial charge on any atom is -0.271 e. The predicted molar refractivity (Wildman–Crippen MR) is 52.2 cm³/mol. The van der Waals surface area contributed by atoms with Crippen LogP contribution in [0.2, 0.25) is 10.0 Å². The quantitative estimate of drug-likeness (QED) is 0.575. The third kappa shape index (κ3) is 2.11. The zero-order valence-corrected chi connectivity index (χ0v) is 8.15. The van der Waals surface area contributed by atoms with Crippen LogP contribution >= 0.6 is 23.2 Å². The van der Waals surface area contributed by atoms with E-state index in [1.165, 1.54) is 0 Å². The summed E-state index contributed by atoms with van der Waals surface area (Å²) in [6.07, 6.45) is 0. The molecule has 0 saturated heterocycles. The molecule has 1 aromatic carbocycles. The molecule has 12 heavy (non-hydrogen) atoms. The summed E-state index contributed by atoms with van der Waals surface area (Å²) in [4.78, 5) is 0. The average molecular weight is 205 g/mol. The molecule has 0 aliphatic heterocycles. The van der Waals surface area contributed by atoms with E-state index in [4.69, 9.17) is 29.0 Å². The number of hydrogen-bond acceptors (Lipinski definition) is 2. The highest BCUT2D eigenvalue weighted by molar-refractivity contribution is 6.33. The van der Waals surface area contributed by atoms with Gasteiger partial charge >= 0.3 is 0 Å². The van der Waals surface area contributed by atoms with Crippen molar-refractivity contribution in [1.29, 1.82) is 0 Å². The van der Waals surface area contributed by atoms with E-state index in [9.17, 15) is 0 Å². The molecule has 4 heteroatoms. The third-order valence-electron chi connectivity index (χ3n) is 1.67. The largest absolute Gasteiger partial charge is 0.271 e. The van der Waals surface area contributed by atoms with E-state index < -0.39 is 0 Å². The minimum absolute atomic E-state index is 0.0104. The SMILES string of the molecule is C[C@@H](NN)c1cc(Cl)ccc1Cl. The summed E-state index contributed by atoms with van der Waals surface area (Å²) in [7, 11) is 0. The van der Waals surface area contributed by atoms with Crippen LogP contribution in [0.3, 0.4) is 0 Å². The summed E-state index contributed by atoms with van der Waals surface area (Å²) in [6, 6.07) is 5.31. The number of hydrogen-bond donors (Lipinski definition) is 2. The zero-order chi connectivity index (χ0) is 9.14. The molecule has 0 aliphatic carbocycles. The number of rotatable bonds is 2. The van der Waals surface area contributed by atoms with E-state index in [1.54, 1.807) is 18.2 Å². The van der Waals surface area contributed by atoms with E-state index in [0.29, 0.717) is 10.0 Å². The summed E-state index contributed by atoms with van der Waals surface area (Å²) in [5.41, 5.74) is 3.52. The molecule has 1 aromatic rings. The molecule has 0 spiro atoms. The highest BCUT2D eigenvalue weighted by atomic mass is 35.5. The minimum atomic E-state index is 0.0104. The monoisotopic (exact) mass is 204 g/mol. The van der Waals surface area contributed by atoms with Gasteiger partial charge in [-0.05, 0) is 30.7 Å². The third-order valence-corrected chi connectivity index (χ3v) is 2.25. The molecule has 0 unspecified atom stereocenters. The first-order valence-corrected chi connectivity index (χ1v) is 4.32. The Hall–Kier alpha value is -0.280. The topological polar surface area (TPSA) is 38.0 Å². The van der Waals surface area contributed by atoms with Gasteiger partial charge in [-0.2, -0.15) is 0 Å². The maximum atomic E-state index is 5.92.